The fourth-order valence-electron chi connectivity index (χ4n) is 4.06. The molecule has 0 saturated heterocycles. The van der Waals surface area contributed by atoms with E-state index in [1.807, 2.05) is 0 Å². The van der Waals surface area contributed by atoms with Crippen LogP contribution in [-0.2, 0) is 10.5 Å². The van der Waals surface area contributed by atoms with E-state index in [4.69, 9.17) is 9.15 Å². The van der Waals surface area contributed by atoms with Gasteiger partial charge in [0.05, 0.1) is 23.2 Å². The van der Waals surface area contributed by atoms with Crippen molar-refractivity contribution in [3.63, 3.8) is 0 Å². The van der Waals surface area contributed by atoms with Gasteiger partial charge < -0.3 is 19.4 Å². The number of thioether (sulfide) groups is 1. The molecule has 0 aliphatic carbocycles. The second-order valence-corrected chi connectivity index (χ2v) is 11.4. The predicted octanol–water partition coefficient (Wildman–Crippen LogP) is 6.13. The van der Waals surface area contributed by atoms with Gasteiger partial charge in [-0.05, 0) is 64.3 Å². The van der Waals surface area contributed by atoms with Gasteiger partial charge in [0, 0.05) is 5.75 Å². The lowest BCUT2D eigenvalue weighted by molar-refractivity contribution is -0.117. The minimum absolute atomic E-state index is 0.0584. The number of ketones is 1. The number of benzene rings is 2. The highest BCUT2D eigenvalue weighted by Gasteiger charge is 2.47. The van der Waals surface area contributed by atoms with Crippen LogP contribution in [0.5, 0.6) is 11.5 Å². The molecule has 1 aliphatic rings. The second kappa shape index (κ2) is 10.8. The number of hydrogen-bond donors (Lipinski definition) is 2. The minimum Gasteiger partial charge on any atom is -0.503 e. The van der Waals surface area contributed by atoms with Crippen molar-refractivity contribution in [3.8, 4) is 11.5 Å². The number of rotatable bonds is 8. The molecule has 39 heavy (non-hydrogen) atoms. The highest BCUT2D eigenvalue weighted by atomic mass is 79.9. The molecule has 0 bridgehead atoms. The first-order valence-corrected chi connectivity index (χ1v) is 13.9. The average Bonchev–Trinajstić information content (AvgIpc) is 3.63. The standard InChI is InChI=1S/C26H19BrFN3O6S2/c1-12-7-8-17(37-12)22(33)19-20(14-9-15(27)21(32)18(10-14)36-2)31(24(35)23(19)34)25-29-30-26(39-25)38-11-13-5-3-4-6-16(13)28/h3-10,20,32,34H,11H2,1-2H3. The molecule has 4 aromatic rings. The molecule has 3 heterocycles. The third-order valence-corrected chi connectivity index (χ3v) is 8.62. The van der Waals surface area contributed by atoms with Gasteiger partial charge in [0.2, 0.25) is 10.9 Å². The number of ether oxygens (including phenoxy) is 1. The monoisotopic (exact) mass is 631 g/mol. The maximum Gasteiger partial charge on any atom is 0.296 e. The normalized spacial score (nSPS) is 15.3. The van der Waals surface area contributed by atoms with Crippen molar-refractivity contribution in [3.05, 3.63) is 92.8 Å². The number of phenols is 1. The Kier molecular flexibility index (Phi) is 7.47. The molecular weight excluding hydrogens is 613 g/mol. The Labute approximate surface area is 238 Å². The van der Waals surface area contributed by atoms with Gasteiger partial charge in [0.1, 0.15) is 11.6 Å². The Hall–Kier alpha value is -3.68. The number of aliphatic hydroxyl groups excluding tert-OH is 1. The minimum atomic E-state index is -1.15. The molecule has 2 aromatic carbocycles. The van der Waals surface area contributed by atoms with Crippen LogP contribution in [0.4, 0.5) is 9.52 Å². The van der Waals surface area contributed by atoms with Gasteiger partial charge >= 0.3 is 0 Å². The maximum atomic E-state index is 14.1. The highest BCUT2D eigenvalue weighted by molar-refractivity contribution is 9.10. The van der Waals surface area contributed by atoms with E-state index < -0.39 is 23.5 Å². The zero-order valence-electron chi connectivity index (χ0n) is 20.3. The summed E-state index contributed by atoms with van der Waals surface area (Å²) in [7, 11) is 1.36. The van der Waals surface area contributed by atoms with Crippen LogP contribution in [0, 0.1) is 12.7 Å². The van der Waals surface area contributed by atoms with Crippen LogP contribution in [0.15, 0.2) is 73.1 Å². The van der Waals surface area contributed by atoms with E-state index in [2.05, 4.69) is 26.1 Å². The first kappa shape index (κ1) is 26.9. The predicted molar refractivity (Wildman–Crippen MR) is 146 cm³/mol. The number of hydrogen-bond acceptors (Lipinski definition) is 10. The fourth-order valence-corrected chi connectivity index (χ4v) is 6.37. The van der Waals surface area contributed by atoms with E-state index in [0.29, 0.717) is 21.2 Å². The molecular formula is C26H19BrFN3O6S2. The van der Waals surface area contributed by atoms with Crippen LogP contribution in [0.25, 0.3) is 0 Å². The summed E-state index contributed by atoms with van der Waals surface area (Å²) in [5, 5.41) is 29.7. The van der Waals surface area contributed by atoms with Gasteiger partial charge in [-0.3, -0.25) is 14.5 Å². The largest absolute Gasteiger partial charge is 0.503 e. The molecule has 0 spiro atoms. The van der Waals surface area contributed by atoms with Crippen molar-refractivity contribution < 1.29 is 33.3 Å². The number of halogens is 2. The lowest BCUT2D eigenvalue weighted by atomic mass is 9.95. The summed E-state index contributed by atoms with van der Waals surface area (Å²) in [4.78, 5) is 28.1. The van der Waals surface area contributed by atoms with Crippen LogP contribution < -0.4 is 9.64 Å². The number of amides is 1. The van der Waals surface area contributed by atoms with E-state index in [1.165, 1.54) is 43.1 Å². The van der Waals surface area contributed by atoms with Crippen molar-refractivity contribution in [2.24, 2.45) is 0 Å². The Morgan fingerprint density at radius 1 is 1.23 bits per heavy atom. The van der Waals surface area contributed by atoms with Gasteiger partial charge in [0.25, 0.3) is 5.91 Å². The van der Waals surface area contributed by atoms with Crippen molar-refractivity contribution in [1.82, 2.24) is 10.2 Å². The number of Topliss-reactive ketones (excluding diaryl/α,β-unsaturated/α-hetero) is 1. The number of phenolic OH excluding ortho intramolecular Hbond substituents is 1. The van der Waals surface area contributed by atoms with Crippen LogP contribution in [-0.4, -0.2) is 39.2 Å². The van der Waals surface area contributed by atoms with Crippen LogP contribution in [0.2, 0.25) is 0 Å². The topological polar surface area (TPSA) is 126 Å². The maximum absolute atomic E-state index is 14.1. The van der Waals surface area contributed by atoms with Gasteiger partial charge in [-0.25, -0.2) is 4.39 Å². The number of carbonyl (C=O) groups is 2. The number of furan rings is 1. The first-order valence-electron chi connectivity index (χ1n) is 11.3. The van der Waals surface area contributed by atoms with E-state index in [9.17, 15) is 24.2 Å². The number of aryl methyl sites for hydroxylation is 1. The third-order valence-electron chi connectivity index (χ3n) is 5.91. The fraction of sp³-hybridized carbons (Fsp3) is 0.154. The van der Waals surface area contributed by atoms with E-state index >= 15 is 0 Å². The molecule has 1 unspecified atom stereocenters. The molecule has 1 atom stereocenters. The lowest BCUT2D eigenvalue weighted by Gasteiger charge is -2.24. The van der Waals surface area contributed by atoms with Crippen LogP contribution in [0.3, 0.4) is 0 Å². The summed E-state index contributed by atoms with van der Waals surface area (Å²) >= 11 is 5.56. The molecule has 9 nitrogen and oxygen atoms in total. The summed E-state index contributed by atoms with van der Waals surface area (Å²) in [5.41, 5.74) is 0.595. The summed E-state index contributed by atoms with van der Waals surface area (Å²) in [5.74, 6) is -2.06. The Morgan fingerprint density at radius 2 is 2.00 bits per heavy atom. The number of carbonyl (C=O) groups excluding carboxylic acids is 2. The molecule has 1 amide bonds. The summed E-state index contributed by atoms with van der Waals surface area (Å²) in [6.45, 7) is 1.66. The first-order chi connectivity index (χ1) is 18.7. The zero-order chi connectivity index (χ0) is 27.8. The SMILES string of the molecule is COc1cc(C2C(C(=O)c3ccc(C)o3)=C(O)C(=O)N2c2nnc(SCc3ccccc3F)s2)cc(Br)c1O. The molecule has 2 N–H and O–H groups in total. The Morgan fingerprint density at radius 3 is 2.69 bits per heavy atom. The molecule has 0 radical (unpaired) electrons. The smallest absolute Gasteiger partial charge is 0.296 e. The van der Waals surface area contributed by atoms with E-state index in [-0.39, 0.29) is 44.0 Å². The molecule has 0 fully saturated rings. The number of aliphatic hydroxyl groups is 1. The average molecular weight is 632 g/mol. The highest BCUT2D eigenvalue weighted by Crippen LogP contribution is 2.47. The Balaban J connectivity index is 1.56. The van der Waals surface area contributed by atoms with Crippen molar-refractivity contribution in [1.29, 1.82) is 0 Å². The number of nitrogens with zero attached hydrogens (tertiary/aromatic N) is 3. The number of aromatic hydroxyl groups is 1. The molecule has 2 aromatic heterocycles. The summed E-state index contributed by atoms with van der Waals surface area (Å²) in [6.07, 6.45) is 0. The van der Waals surface area contributed by atoms with Crippen molar-refractivity contribution in [2.75, 3.05) is 12.0 Å². The second-order valence-electron chi connectivity index (χ2n) is 8.36. The van der Waals surface area contributed by atoms with Crippen molar-refractivity contribution in [2.45, 2.75) is 23.1 Å². The number of methoxy groups -OCH3 is 1. The molecule has 13 heteroatoms. The van der Waals surface area contributed by atoms with Gasteiger partial charge in [-0.2, -0.15) is 0 Å². The Bertz CT molecular complexity index is 1640. The van der Waals surface area contributed by atoms with Gasteiger partial charge in [-0.1, -0.05) is 41.3 Å². The van der Waals surface area contributed by atoms with Crippen LogP contribution in [0.1, 0.15) is 33.5 Å². The summed E-state index contributed by atoms with van der Waals surface area (Å²) in [6, 6.07) is 11.2. The molecule has 0 saturated carbocycles. The van der Waals surface area contributed by atoms with Crippen molar-refractivity contribution >= 4 is 55.9 Å². The van der Waals surface area contributed by atoms with Gasteiger partial charge in [0.15, 0.2) is 27.4 Å². The third kappa shape index (κ3) is 5.04. The zero-order valence-corrected chi connectivity index (χ0v) is 23.6. The molecule has 200 valence electrons. The number of aromatic nitrogens is 2. The van der Waals surface area contributed by atoms with Gasteiger partial charge in [-0.15, -0.1) is 10.2 Å². The molecule has 1 aliphatic heterocycles. The van der Waals surface area contributed by atoms with E-state index in [1.54, 1.807) is 31.2 Å². The summed E-state index contributed by atoms with van der Waals surface area (Å²) < 4.78 is 25.5. The van der Waals surface area contributed by atoms with E-state index in [0.717, 1.165) is 16.2 Å². The molecule has 5 rings (SSSR count). The van der Waals surface area contributed by atoms with Crippen LogP contribution >= 0.6 is 39.0 Å². The quantitative estimate of drug-likeness (QED) is 0.134. The lowest BCUT2D eigenvalue weighted by Crippen LogP contribution is -2.31. The number of anilines is 1.